The van der Waals surface area contributed by atoms with Gasteiger partial charge in [0.25, 0.3) is 0 Å². The normalized spacial score (nSPS) is 24.6. The first-order valence-corrected chi connectivity index (χ1v) is 6.26. The van der Waals surface area contributed by atoms with Crippen LogP contribution in [0.5, 0.6) is 0 Å². The van der Waals surface area contributed by atoms with Crippen molar-refractivity contribution in [2.45, 2.75) is 51.1 Å². The fourth-order valence-electron chi connectivity index (χ4n) is 2.48. The lowest BCUT2D eigenvalue weighted by atomic mass is 10.1. The number of methoxy groups -OCH3 is 1. The van der Waals surface area contributed by atoms with E-state index < -0.39 is 0 Å². The third kappa shape index (κ3) is 4.49. The van der Waals surface area contributed by atoms with Crippen molar-refractivity contribution in [1.82, 2.24) is 4.90 Å². The number of rotatable bonds is 7. The summed E-state index contributed by atoms with van der Waals surface area (Å²) >= 11 is 0. The minimum atomic E-state index is 0.326. The summed E-state index contributed by atoms with van der Waals surface area (Å²) in [6, 6.07) is 1.12. The summed E-state index contributed by atoms with van der Waals surface area (Å²) in [4.78, 5) is 2.57. The number of nitrogens with zero attached hydrogens (tertiary/aromatic N) is 1. The van der Waals surface area contributed by atoms with Gasteiger partial charge in [-0.2, -0.15) is 0 Å². The van der Waals surface area contributed by atoms with Crippen molar-refractivity contribution < 1.29 is 4.74 Å². The summed E-state index contributed by atoms with van der Waals surface area (Å²) in [5.74, 6) is 0. The lowest BCUT2D eigenvalue weighted by Crippen LogP contribution is -2.40. The number of nitrogens with two attached hydrogens (primary N) is 1. The molecular weight excluding hydrogens is 188 g/mol. The van der Waals surface area contributed by atoms with Gasteiger partial charge >= 0.3 is 0 Å². The minimum Gasteiger partial charge on any atom is -0.385 e. The molecule has 1 aliphatic rings. The maximum atomic E-state index is 6.11. The summed E-state index contributed by atoms with van der Waals surface area (Å²) < 4.78 is 5.04. The Kier molecular flexibility index (Phi) is 6.22. The third-order valence-electron chi connectivity index (χ3n) is 3.36. The van der Waals surface area contributed by atoms with E-state index in [1.165, 1.54) is 25.8 Å². The summed E-state index contributed by atoms with van der Waals surface area (Å²) in [5, 5.41) is 0. The first-order chi connectivity index (χ1) is 7.27. The van der Waals surface area contributed by atoms with E-state index in [-0.39, 0.29) is 0 Å². The highest BCUT2D eigenvalue weighted by atomic mass is 16.5. The van der Waals surface area contributed by atoms with Crippen LogP contribution in [0.15, 0.2) is 0 Å². The van der Waals surface area contributed by atoms with E-state index in [0.717, 1.165) is 32.0 Å². The van der Waals surface area contributed by atoms with Gasteiger partial charge < -0.3 is 10.5 Å². The Labute approximate surface area is 94.0 Å². The van der Waals surface area contributed by atoms with E-state index in [9.17, 15) is 0 Å². The first-order valence-electron chi connectivity index (χ1n) is 6.26. The van der Waals surface area contributed by atoms with E-state index in [1.807, 2.05) is 0 Å². The SMILES string of the molecule is CCC1CCCN1CC(N)CCCOC. The molecule has 1 heterocycles. The summed E-state index contributed by atoms with van der Waals surface area (Å²) in [6.07, 6.45) is 6.15. The zero-order valence-corrected chi connectivity index (χ0v) is 10.2. The molecule has 0 aromatic carbocycles. The maximum absolute atomic E-state index is 6.11. The molecule has 1 saturated heterocycles. The molecule has 3 nitrogen and oxygen atoms in total. The van der Waals surface area contributed by atoms with Crippen molar-refractivity contribution in [3.05, 3.63) is 0 Å². The Hall–Kier alpha value is -0.120. The van der Waals surface area contributed by atoms with Crippen LogP contribution in [0.25, 0.3) is 0 Å². The van der Waals surface area contributed by atoms with Gasteiger partial charge in [-0.05, 0) is 38.6 Å². The van der Waals surface area contributed by atoms with Gasteiger partial charge in [-0.1, -0.05) is 6.92 Å². The van der Waals surface area contributed by atoms with Gasteiger partial charge in [0, 0.05) is 32.3 Å². The van der Waals surface area contributed by atoms with Gasteiger partial charge in [0.2, 0.25) is 0 Å². The minimum absolute atomic E-state index is 0.326. The zero-order chi connectivity index (χ0) is 11.1. The van der Waals surface area contributed by atoms with Crippen LogP contribution in [0.3, 0.4) is 0 Å². The summed E-state index contributed by atoms with van der Waals surface area (Å²) in [5.41, 5.74) is 6.11. The zero-order valence-electron chi connectivity index (χ0n) is 10.2. The molecule has 0 aromatic heterocycles. The van der Waals surface area contributed by atoms with E-state index in [0.29, 0.717) is 6.04 Å². The predicted molar refractivity (Wildman–Crippen MR) is 64.0 cm³/mol. The molecule has 0 radical (unpaired) electrons. The molecule has 0 bridgehead atoms. The highest BCUT2D eigenvalue weighted by Crippen LogP contribution is 2.19. The van der Waals surface area contributed by atoms with Gasteiger partial charge in [-0.25, -0.2) is 0 Å². The second kappa shape index (κ2) is 7.20. The largest absolute Gasteiger partial charge is 0.385 e. The van der Waals surface area contributed by atoms with Crippen LogP contribution in [0.4, 0.5) is 0 Å². The Morgan fingerprint density at radius 1 is 1.53 bits per heavy atom. The standard InChI is InChI=1S/C12H26N2O/c1-3-12-7-4-8-14(12)10-11(13)6-5-9-15-2/h11-12H,3-10,13H2,1-2H3. The molecule has 15 heavy (non-hydrogen) atoms. The van der Waals surface area contributed by atoms with Crippen LogP contribution >= 0.6 is 0 Å². The van der Waals surface area contributed by atoms with Crippen molar-refractivity contribution in [3.8, 4) is 0 Å². The molecule has 90 valence electrons. The number of ether oxygens (including phenoxy) is 1. The van der Waals surface area contributed by atoms with Gasteiger partial charge in [0.05, 0.1) is 0 Å². The first kappa shape index (κ1) is 12.9. The smallest absolute Gasteiger partial charge is 0.0462 e. The van der Waals surface area contributed by atoms with E-state index in [4.69, 9.17) is 10.5 Å². The molecular formula is C12H26N2O. The Morgan fingerprint density at radius 2 is 2.33 bits per heavy atom. The highest BCUT2D eigenvalue weighted by molar-refractivity contribution is 4.80. The summed E-state index contributed by atoms with van der Waals surface area (Å²) in [7, 11) is 1.75. The average Bonchev–Trinajstić information content (AvgIpc) is 2.65. The van der Waals surface area contributed by atoms with Crippen LogP contribution in [-0.4, -0.2) is 43.8 Å². The second-order valence-corrected chi connectivity index (χ2v) is 4.59. The van der Waals surface area contributed by atoms with E-state index in [1.54, 1.807) is 7.11 Å². The van der Waals surface area contributed by atoms with E-state index >= 15 is 0 Å². The van der Waals surface area contributed by atoms with Crippen LogP contribution in [0.2, 0.25) is 0 Å². The number of likely N-dealkylation sites (tertiary alicyclic amines) is 1. The van der Waals surface area contributed by atoms with Crippen molar-refractivity contribution in [1.29, 1.82) is 0 Å². The Morgan fingerprint density at radius 3 is 3.00 bits per heavy atom. The molecule has 0 saturated carbocycles. The topological polar surface area (TPSA) is 38.5 Å². The van der Waals surface area contributed by atoms with E-state index in [2.05, 4.69) is 11.8 Å². The molecule has 1 fully saturated rings. The third-order valence-corrected chi connectivity index (χ3v) is 3.36. The van der Waals surface area contributed by atoms with Crippen LogP contribution in [-0.2, 0) is 4.74 Å². The Bertz CT molecular complexity index is 164. The van der Waals surface area contributed by atoms with Gasteiger partial charge in [0.1, 0.15) is 0 Å². The average molecular weight is 214 g/mol. The quantitative estimate of drug-likeness (QED) is 0.654. The summed E-state index contributed by atoms with van der Waals surface area (Å²) in [6.45, 7) is 5.43. The molecule has 0 aliphatic carbocycles. The van der Waals surface area contributed by atoms with Crippen molar-refractivity contribution in [3.63, 3.8) is 0 Å². The fourth-order valence-corrected chi connectivity index (χ4v) is 2.48. The molecule has 0 spiro atoms. The molecule has 0 aromatic rings. The predicted octanol–water partition coefficient (Wildman–Crippen LogP) is 1.61. The lowest BCUT2D eigenvalue weighted by Gasteiger charge is -2.26. The number of hydrogen-bond donors (Lipinski definition) is 1. The molecule has 0 amide bonds. The van der Waals surface area contributed by atoms with Crippen LogP contribution in [0, 0.1) is 0 Å². The molecule has 2 unspecified atom stereocenters. The Balaban J connectivity index is 2.15. The van der Waals surface area contributed by atoms with Crippen LogP contribution < -0.4 is 5.73 Å². The highest BCUT2D eigenvalue weighted by Gasteiger charge is 2.23. The van der Waals surface area contributed by atoms with Gasteiger partial charge in [-0.15, -0.1) is 0 Å². The molecule has 2 atom stereocenters. The lowest BCUT2D eigenvalue weighted by molar-refractivity contribution is 0.182. The number of hydrogen-bond acceptors (Lipinski definition) is 3. The van der Waals surface area contributed by atoms with Crippen molar-refractivity contribution in [2.75, 3.05) is 26.8 Å². The monoisotopic (exact) mass is 214 g/mol. The van der Waals surface area contributed by atoms with Gasteiger partial charge in [-0.3, -0.25) is 4.90 Å². The van der Waals surface area contributed by atoms with Crippen molar-refractivity contribution in [2.24, 2.45) is 5.73 Å². The van der Waals surface area contributed by atoms with Gasteiger partial charge in [0.15, 0.2) is 0 Å². The second-order valence-electron chi connectivity index (χ2n) is 4.59. The molecule has 1 aliphatic heterocycles. The van der Waals surface area contributed by atoms with Crippen LogP contribution in [0.1, 0.15) is 39.0 Å². The fraction of sp³-hybridized carbons (Fsp3) is 1.00. The molecule has 2 N–H and O–H groups in total. The van der Waals surface area contributed by atoms with Crippen molar-refractivity contribution >= 4 is 0 Å². The maximum Gasteiger partial charge on any atom is 0.0462 e. The molecule has 3 heteroatoms. The molecule has 1 rings (SSSR count).